The number of nitrogens with two attached hydrogens (primary N) is 1. The maximum atomic E-state index is 10.7. The summed E-state index contributed by atoms with van der Waals surface area (Å²) in [5.41, 5.74) is 5.14. The smallest absolute Gasteiger partial charge is 0.218 e. The van der Waals surface area contributed by atoms with E-state index in [-0.39, 0.29) is 11.9 Å². The van der Waals surface area contributed by atoms with Crippen LogP contribution in [0.2, 0.25) is 0 Å². The highest BCUT2D eigenvalue weighted by molar-refractivity contribution is 5.74. The number of fused-ring (bicyclic) bond motifs is 1. The molecule has 4 unspecified atom stereocenters. The Kier molecular flexibility index (Phi) is 2.59. The molecule has 0 spiro atoms. The van der Waals surface area contributed by atoms with Gasteiger partial charge in [0.05, 0.1) is 0 Å². The Morgan fingerprint density at radius 2 is 2.50 bits per heavy atom. The van der Waals surface area contributed by atoms with E-state index in [9.17, 15) is 4.79 Å². The van der Waals surface area contributed by atoms with Gasteiger partial charge in [-0.25, -0.2) is 0 Å². The van der Waals surface area contributed by atoms with Crippen LogP contribution in [0.15, 0.2) is 12.2 Å². The van der Waals surface area contributed by atoms with Crippen LogP contribution in [0.1, 0.15) is 26.2 Å². The standard InChI is InChI=1S/C11H18N2O/c1-7(5-11(12)14)13-10-6-8-3-2-4-9(8)10/h2,4,7-10,13H,3,5-6H2,1H3,(H2,12,14). The number of carbonyl (C=O) groups excluding carboxylic acids is 1. The summed E-state index contributed by atoms with van der Waals surface area (Å²) in [6.45, 7) is 2.02. The molecule has 1 amide bonds. The van der Waals surface area contributed by atoms with Crippen molar-refractivity contribution < 1.29 is 4.79 Å². The van der Waals surface area contributed by atoms with Crippen LogP contribution in [-0.4, -0.2) is 18.0 Å². The summed E-state index contributed by atoms with van der Waals surface area (Å²) in [5.74, 6) is 1.36. The van der Waals surface area contributed by atoms with Gasteiger partial charge < -0.3 is 11.1 Å². The van der Waals surface area contributed by atoms with Crippen molar-refractivity contribution in [3.05, 3.63) is 12.2 Å². The molecule has 0 bridgehead atoms. The molecule has 14 heavy (non-hydrogen) atoms. The van der Waals surface area contributed by atoms with Gasteiger partial charge in [-0.3, -0.25) is 4.79 Å². The van der Waals surface area contributed by atoms with E-state index in [1.807, 2.05) is 6.92 Å². The summed E-state index contributed by atoms with van der Waals surface area (Å²) in [7, 11) is 0. The number of amides is 1. The minimum atomic E-state index is -0.220. The summed E-state index contributed by atoms with van der Waals surface area (Å²) in [4.78, 5) is 10.7. The van der Waals surface area contributed by atoms with Crippen molar-refractivity contribution in [2.45, 2.75) is 38.3 Å². The first-order chi connectivity index (χ1) is 6.66. The Bertz CT molecular complexity index is 262. The monoisotopic (exact) mass is 194 g/mol. The van der Waals surface area contributed by atoms with Crippen LogP contribution in [0.5, 0.6) is 0 Å². The molecule has 1 saturated carbocycles. The second-order valence-corrected chi connectivity index (χ2v) is 4.58. The molecule has 0 aromatic heterocycles. The van der Waals surface area contributed by atoms with Gasteiger partial charge >= 0.3 is 0 Å². The number of nitrogens with one attached hydrogen (secondary N) is 1. The van der Waals surface area contributed by atoms with Gasteiger partial charge in [0.25, 0.3) is 0 Å². The lowest BCUT2D eigenvalue weighted by Gasteiger charge is -2.42. The molecule has 3 heteroatoms. The fraction of sp³-hybridized carbons (Fsp3) is 0.727. The normalized spacial score (nSPS) is 36.2. The Balaban J connectivity index is 1.76. The van der Waals surface area contributed by atoms with E-state index in [0.717, 1.165) is 5.92 Å². The molecule has 0 aromatic rings. The van der Waals surface area contributed by atoms with Crippen LogP contribution in [0.3, 0.4) is 0 Å². The fourth-order valence-electron chi connectivity index (χ4n) is 2.63. The molecule has 4 atom stereocenters. The highest BCUT2D eigenvalue weighted by Crippen LogP contribution is 2.42. The number of carbonyl (C=O) groups is 1. The van der Waals surface area contributed by atoms with E-state index in [1.54, 1.807) is 0 Å². The molecular formula is C11H18N2O. The van der Waals surface area contributed by atoms with Gasteiger partial charge in [0, 0.05) is 18.5 Å². The van der Waals surface area contributed by atoms with Gasteiger partial charge in [0.15, 0.2) is 0 Å². The number of rotatable bonds is 4. The molecular weight excluding hydrogens is 176 g/mol. The van der Waals surface area contributed by atoms with E-state index in [2.05, 4.69) is 17.5 Å². The van der Waals surface area contributed by atoms with Crippen molar-refractivity contribution in [3.8, 4) is 0 Å². The van der Waals surface area contributed by atoms with Gasteiger partial charge in [-0.2, -0.15) is 0 Å². The van der Waals surface area contributed by atoms with E-state index >= 15 is 0 Å². The molecule has 3 N–H and O–H groups in total. The molecule has 0 radical (unpaired) electrons. The highest BCUT2D eigenvalue weighted by atomic mass is 16.1. The summed E-state index contributed by atoms with van der Waals surface area (Å²) < 4.78 is 0. The molecule has 1 fully saturated rings. The average Bonchev–Trinajstić information content (AvgIpc) is 2.41. The second-order valence-electron chi connectivity index (χ2n) is 4.58. The molecule has 0 heterocycles. The quantitative estimate of drug-likeness (QED) is 0.650. The zero-order valence-electron chi connectivity index (χ0n) is 8.57. The van der Waals surface area contributed by atoms with Crippen molar-refractivity contribution in [2.75, 3.05) is 0 Å². The van der Waals surface area contributed by atoms with Crippen molar-refractivity contribution in [1.29, 1.82) is 0 Å². The summed E-state index contributed by atoms with van der Waals surface area (Å²) >= 11 is 0. The Morgan fingerprint density at radius 1 is 1.71 bits per heavy atom. The topological polar surface area (TPSA) is 55.1 Å². The number of primary amides is 1. The first-order valence-corrected chi connectivity index (χ1v) is 5.38. The second kappa shape index (κ2) is 3.73. The summed E-state index contributed by atoms with van der Waals surface area (Å²) in [6, 6.07) is 0.792. The number of allylic oxidation sites excluding steroid dienone is 1. The summed E-state index contributed by atoms with van der Waals surface area (Å²) in [5, 5.41) is 3.47. The lowest BCUT2D eigenvalue weighted by Crippen LogP contribution is -2.51. The van der Waals surface area contributed by atoms with Gasteiger partial charge in [0.2, 0.25) is 5.91 Å². The van der Waals surface area contributed by atoms with E-state index in [1.165, 1.54) is 12.8 Å². The fourth-order valence-corrected chi connectivity index (χ4v) is 2.63. The van der Waals surface area contributed by atoms with E-state index < -0.39 is 0 Å². The van der Waals surface area contributed by atoms with Gasteiger partial charge in [0.1, 0.15) is 0 Å². The molecule has 0 saturated heterocycles. The average molecular weight is 194 g/mol. The van der Waals surface area contributed by atoms with Gasteiger partial charge in [-0.15, -0.1) is 0 Å². The molecule has 3 nitrogen and oxygen atoms in total. The van der Waals surface area contributed by atoms with Crippen LogP contribution in [-0.2, 0) is 4.79 Å². The Morgan fingerprint density at radius 3 is 3.14 bits per heavy atom. The Hall–Kier alpha value is -0.830. The molecule has 2 rings (SSSR count). The molecule has 0 aromatic carbocycles. The molecule has 2 aliphatic rings. The van der Waals surface area contributed by atoms with Gasteiger partial charge in [-0.05, 0) is 31.6 Å². The Labute approximate surface area is 84.7 Å². The SMILES string of the molecule is CC(CC(N)=O)NC1CC2CC=CC21. The van der Waals surface area contributed by atoms with Crippen molar-refractivity contribution in [3.63, 3.8) is 0 Å². The van der Waals surface area contributed by atoms with Gasteiger partial charge in [-0.1, -0.05) is 12.2 Å². The lowest BCUT2D eigenvalue weighted by atomic mass is 9.71. The third-order valence-electron chi connectivity index (χ3n) is 3.37. The van der Waals surface area contributed by atoms with E-state index in [4.69, 9.17) is 5.73 Å². The van der Waals surface area contributed by atoms with E-state index in [0.29, 0.717) is 18.4 Å². The van der Waals surface area contributed by atoms with Crippen LogP contribution < -0.4 is 11.1 Å². The van der Waals surface area contributed by atoms with Crippen molar-refractivity contribution in [1.82, 2.24) is 5.32 Å². The third kappa shape index (κ3) is 1.82. The van der Waals surface area contributed by atoms with Crippen LogP contribution in [0.4, 0.5) is 0 Å². The maximum Gasteiger partial charge on any atom is 0.218 e. The predicted molar refractivity (Wildman–Crippen MR) is 55.6 cm³/mol. The highest BCUT2D eigenvalue weighted by Gasteiger charge is 2.41. The number of hydrogen-bond donors (Lipinski definition) is 2. The lowest BCUT2D eigenvalue weighted by molar-refractivity contribution is -0.118. The zero-order valence-corrected chi connectivity index (χ0v) is 8.57. The minimum absolute atomic E-state index is 0.215. The van der Waals surface area contributed by atoms with Crippen LogP contribution in [0.25, 0.3) is 0 Å². The maximum absolute atomic E-state index is 10.7. The molecule has 78 valence electrons. The third-order valence-corrected chi connectivity index (χ3v) is 3.37. The zero-order chi connectivity index (χ0) is 10.1. The minimum Gasteiger partial charge on any atom is -0.370 e. The van der Waals surface area contributed by atoms with Crippen LogP contribution in [0, 0.1) is 11.8 Å². The predicted octanol–water partition coefficient (Wildman–Crippen LogP) is 0.804. The van der Waals surface area contributed by atoms with Crippen LogP contribution >= 0.6 is 0 Å². The van der Waals surface area contributed by atoms with Crippen molar-refractivity contribution in [2.24, 2.45) is 17.6 Å². The first-order valence-electron chi connectivity index (χ1n) is 5.38. The van der Waals surface area contributed by atoms with Crippen molar-refractivity contribution >= 4 is 5.91 Å². The number of hydrogen-bond acceptors (Lipinski definition) is 2. The summed E-state index contributed by atoms with van der Waals surface area (Å²) in [6.07, 6.45) is 7.52. The largest absolute Gasteiger partial charge is 0.370 e. The molecule has 0 aliphatic heterocycles. The molecule has 2 aliphatic carbocycles. The first kappa shape index (κ1) is 9.71.